The topological polar surface area (TPSA) is 157 Å². The van der Waals surface area contributed by atoms with Crippen LogP contribution in [0.5, 0.6) is 5.75 Å². The van der Waals surface area contributed by atoms with E-state index in [9.17, 15) is 19.2 Å². The number of para-hydroxylation sites is 1. The average Bonchev–Trinajstić information content (AvgIpc) is 3.36. The lowest BCUT2D eigenvalue weighted by Crippen LogP contribution is -2.65. The van der Waals surface area contributed by atoms with E-state index in [-0.39, 0.29) is 13.2 Å². The van der Waals surface area contributed by atoms with Gasteiger partial charge in [-0.1, -0.05) is 47.7 Å². The molecule has 0 bridgehead atoms. The van der Waals surface area contributed by atoms with E-state index >= 15 is 0 Å². The second-order valence-corrected chi connectivity index (χ2v) is 11.1. The number of hydrogen-bond acceptors (Lipinski definition) is 12. The molecular weight excluding hydrogens is 592 g/mol. The quantitative estimate of drug-likeness (QED) is 0.246. The molecule has 5 atom stereocenters. The van der Waals surface area contributed by atoms with Crippen LogP contribution in [0.1, 0.15) is 39.1 Å². The lowest BCUT2D eigenvalue weighted by atomic mass is 9.97. The number of aryl methyl sites for hydroxylation is 1. The summed E-state index contributed by atoms with van der Waals surface area (Å²) in [5, 5.41) is 11.9. The monoisotopic (exact) mass is 626 g/mol. The third kappa shape index (κ3) is 8.57. The molecule has 1 aliphatic rings. The van der Waals surface area contributed by atoms with Crippen molar-refractivity contribution in [2.75, 3.05) is 6.61 Å². The summed E-state index contributed by atoms with van der Waals surface area (Å²) in [7, 11) is 0. The van der Waals surface area contributed by atoms with E-state index < -0.39 is 53.6 Å². The number of ether oxygens (including phenoxy) is 5. The van der Waals surface area contributed by atoms with Gasteiger partial charge < -0.3 is 29.0 Å². The fraction of sp³-hybridized carbons (Fsp3) is 0.400. The second kappa shape index (κ2) is 14.8. The number of thioether (sulfide) groups is 1. The zero-order chi connectivity index (χ0) is 31.8. The highest BCUT2D eigenvalue weighted by Crippen LogP contribution is 2.36. The van der Waals surface area contributed by atoms with Gasteiger partial charge in [0.2, 0.25) is 5.91 Å². The molecule has 0 aliphatic carbocycles. The maximum absolute atomic E-state index is 12.4. The molecule has 44 heavy (non-hydrogen) atoms. The van der Waals surface area contributed by atoms with Crippen molar-refractivity contribution in [2.45, 2.75) is 76.2 Å². The fourth-order valence-corrected chi connectivity index (χ4v) is 5.76. The van der Waals surface area contributed by atoms with Gasteiger partial charge in [0, 0.05) is 33.4 Å². The number of hydrogen-bond donors (Lipinski definition) is 1. The predicted molar refractivity (Wildman–Crippen MR) is 157 cm³/mol. The van der Waals surface area contributed by atoms with Crippen LogP contribution in [0.3, 0.4) is 0 Å². The summed E-state index contributed by atoms with van der Waals surface area (Å²) in [6.45, 7) is 6.67. The summed E-state index contributed by atoms with van der Waals surface area (Å²) in [5.41, 5.74) is 0.869. The van der Waals surface area contributed by atoms with Crippen LogP contribution in [0.15, 0.2) is 59.8 Å². The Hall–Kier alpha value is -4.43. The zero-order valence-electron chi connectivity index (χ0n) is 24.9. The molecule has 0 spiro atoms. The third-order valence-electron chi connectivity index (χ3n) is 6.40. The Labute approximate surface area is 258 Å². The Kier molecular flexibility index (Phi) is 11.0. The summed E-state index contributed by atoms with van der Waals surface area (Å²) in [6, 6.07) is 15.9. The van der Waals surface area contributed by atoms with E-state index in [4.69, 9.17) is 23.7 Å². The molecule has 234 valence electrons. The largest absolute Gasteiger partial charge is 0.486 e. The molecule has 1 aliphatic heterocycles. The Morgan fingerprint density at radius 2 is 1.55 bits per heavy atom. The predicted octanol–water partition coefficient (Wildman–Crippen LogP) is 2.90. The number of carbonyl (C=O) groups excluding carboxylic acids is 4. The van der Waals surface area contributed by atoms with E-state index in [2.05, 4.69) is 15.5 Å². The lowest BCUT2D eigenvalue weighted by molar-refractivity contribution is -0.211. The second-order valence-electron chi connectivity index (χ2n) is 10.0. The van der Waals surface area contributed by atoms with E-state index in [1.165, 1.54) is 27.7 Å². The molecule has 1 amide bonds. The van der Waals surface area contributed by atoms with Gasteiger partial charge in [-0.2, -0.15) is 0 Å². The Morgan fingerprint density at radius 1 is 0.886 bits per heavy atom. The molecule has 1 N–H and O–H groups in total. The Bertz CT molecular complexity index is 1460. The third-order valence-corrected chi connectivity index (χ3v) is 7.51. The standard InChI is InChI=1S/C30H34N4O9S/c1-17-11-13-23(14-12-17)40-16-25-32-33-30(34(25)22-9-7-6-8-10-22)44-29-26(31-18(2)35)28(42-21(5)38)27(41-20(4)37)24(43-29)15-39-19(3)36/h6-14,24,26-29H,15-16H2,1-5H3,(H,31,35). The molecular formula is C30H34N4O9S. The fourth-order valence-electron chi connectivity index (χ4n) is 4.58. The smallest absolute Gasteiger partial charge is 0.303 e. The van der Waals surface area contributed by atoms with Crippen molar-refractivity contribution >= 4 is 35.6 Å². The van der Waals surface area contributed by atoms with Crippen molar-refractivity contribution in [3.63, 3.8) is 0 Å². The maximum Gasteiger partial charge on any atom is 0.303 e. The normalized spacial score (nSPS) is 21.2. The van der Waals surface area contributed by atoms with Gasteiger partial charge in [-0.15, -0.1) is 10.2 Å². The highest BCUT2D eigenvalue weighted by Gasteiger charge is 2.51. The van der Waals surface area contributed by atoms with Crippen molar-refractivity contribution in [1.82, 2.24) is 20.1 Å². The van der Waals surface area contributed by atoms with Gasteiger partial charge in [0.05, 0.1) is 0 Å². The number of carbonyl (C=O) groups is 4. The number of nitrogens with one attached hydrogen (secondary N) is 1. The first-order valence-corrected chi connectivity index (χ1v) is 14.7. The zero-order valence-corrected chi connectivity index (χ0v) is 25.7. The minimum absolute atomic E-state index is 0.0891. The van der Waals surface area contributed by atoms with Gasteiger partial charge in [0.15, 0.2) is 23.2 Å². The molecule has 14 heteroatoms. The Balaban J connectivity index is 1.72. The van der Waals surface area contributed by atoms with Crippen molar-refractivity contribution < 1.29 is 42.9 Å². The minimum Gasteiger partial charge on any atom is -0.486 e. The van der Waals surface area contributed by atoms with Crippen molar-refractivity contribution in [2.24, 2.45) is 0 Å². The van der Waals surface area contributed by atoms with Crippen LogP contribution in [-0.4, -0.2) is 75.0 Å². The van der Waals surface area contributed by atoms with Crippen LogP contribution in [0.4, 0.5) is 0 Å². The molecule has 1 aromatic heterocycles. The SMILES string of the molecule is CC(=O)NC1C(Sc2nnc(COc3ccc(C)cc3)n2-c2ccccc2)OC(COC(C)=O)C(OC(C)=O)C1OC(C)=O. The summed E-state index contributed by atoms with van der Waals surface area (Å²) >= 11 is 1.09. The van der Waals surface area contributed by atoms with Gasteiger partial charge in [0.25, 0.3) is 0 Å². The van der Waals surface area contributed by atoms with Gasteiger partial charge >= 0.3 is 17.9 Å². The molecule has 2 heterocycles. The van der Waals surface area contributed by atoms with Crippen LogP contribution in [-0.2, 0) is 44.7 Å². The molecule has 4 rings (SSSR count). The van der Waals surface area contributed by atoms with Gasteiger partial charge in [-0.25, -0.2) is 0 Å². The maximum atomic E-state index is 12.4. The molecule has 0 saturated carbocycles. The number of rotatable bonds is 11. The number of nitrogens with zero attached hydrogens (tertiary/aromatic N) is 3. The summed E-state index contributed by atoms with van der Waals surface area (Å²) in [6.07, 6.45) is -3.44. The van der Waals surface area contributed by atoms with Crippen LogP contribution in [0.2, 0.25) is 0 Å². The number of aromatic nitrogens is 3. The number of esters is 3. The summed E-state index contributed by atoms with van der Waals surface area (Å²) < 4.78 is 30.4. The van der Waals surface area contributed by atoms with Crippen LogP contribution < -0.4 is 10.1 Å². The van der Waals surface area contributed by atoms with Crippen molar-refractivity contribution in [3.05, 3.63) is 66.0 Å². The highest BCUT2D eigenvalue weighted by atomic mass is 32.2. The first-order valence-electron chi connectivity index (χ1n) is 13.8. The van der Waals surface area contributed by atoms with Gasteiger partial charge in [-0.3, -0.25) is 23.7 Å². The van der Waals surface area contributed by atoms with Crippen LogP contribution >= 0.6 is 11.8 Å². The molecule has 2 aromatic carbocycles. The number of amides is 1. The van der Waals surface area contributed by atoms with Gasteiger partial charge in [-0.05, 0) is 31.2 Å². The molecule has 5 unspecified atom stereocenters. The average molecular weight is 627 g/mol. The van der Waals surface area contributed by atoms with Crippen molar-refractivity contribution in [3.8, 4) is 11.4 Å². The Morgan fingerprint density at radius 3 is 2.16 bits per heavy atom. The first kappa shape index (κ1) is 32.5. The molecule has 13 nitrogen and oxygen atoms in total. The van der Waals surface area contributed by atoms with Crippen LogP contribution in [0, 0.1) is 6.92 Å². The van der Waals surface area contributed by atoms with E-state index in [0.29, 0.717) is 16.7 Å². The van der Waals surface area contributed by atoms with E-state index in [1.807, 2.05) is 61.5 Å². The molecule has 1 saturated heterocycles. The van der Waals surface area contributed by atoms with Gasteiger partial charge in [0.1, 0.15) is 36.5 Å². The first-order chi connectivity index (χ1) is 21.0. The minimum atomic E-state index is -1.20. The summed E-state index contributed by atoms with van der Waals surface area (Å²) in [4.78, 5) is 48.3. The molecule has 1 fully saturated rings. The lowest BCUT2D eigenvalue weighted by Gasteiger charge is -2.44. The van der Waals surface area contributed by atoms with Crippen molar-refractivity contribution in [1.29, 1.82) is 0 Å². The van der Waals surface area contributed by atoms with E-state index in [1.54, 1.807) is 4.57 Å². The van der Waals surface area contributed by atoms with E-state index in [0.717, 1.165) is 23.0 Å². The molecule has 3 aromatic rings. The molecule has 0 radical (unpaired) electrons. The summed E-state index contributed by atoms with van der Waals surface area (Å²) in [5.74, 6) is -1.26. The number of benzene rings is 2. The highest BCUT2D eigenvalue weighted by molar-refractivity contribution is 7.99. The van der Waals surface area contributed by atoms with Crippen LogP contribution in [0.25, 0.3) is 5.69 Å².